The van der Waals surface area contributed by atoms with Gasteiger partial charge in [-0.1, -0.05) is 36.4 Å². The molecule has 6 heterocycles. The summed E-state index contributed by atoms with van der Waals surface area (Å²) in [4.78, 5) is 25.1. The molecule has 6 nitrogen and oxygen atoms in total. The number of nitrogens with zero attached hydrogens (tertiary/aromatic N) is 6. The molecule has 0 aliphatic heterocycles. The molecule has 0 saturated heterocycles. The molecule has 0 N–H and O–H groups in total. The monoisotopic (exact) mass is 621 g/mol. The van der Waals surface area contributed by atoms with Crippen LogP contribution in [0.5, 0.6) is 0 Å². The number of hydrogen-bond acceptors (Lipinski definition) is 6. The van der Waals surface area contributed by atoms with Crippen molar-refractivity contribution in [2.24, 2.45) is 0 Å². The van der Waals surface area contributed by atoms with Crippen LogP contribution in [0.25, 0.3) is 34.2 Å². The predicted octanol–water partition coefficient (Wildman–Crippen LogP) is 6.43. The van der Waals surface area contributed by atoms with Gasteiger partial charge in [-0.25, -0.2) is 0 Å². The molecular weight excluding hydrogens is 596 g/mol. The summed E-state index contributed by atoms with van der Waals surface area (Å²) in [6.07, 6.45) is 10.6. The van der Waals surface area contributed by atoms with Gasteiger partial charge in [0.1, 0.15) is 0 Å². The van der Waals surface area contributed by atoms with E-state index in [1.165, 1.54) is 0 Å². The summed E-state index contributed by atoms with van der Waals surface area (Å²) in [6.45, 7) is 0. The van der Waals surface area contributed by atoms with Crippen molar-refractivity contribution in [3.8, 4) is 34.2 Å². The number of pyridine rings is 6. The maximum Gasteiger partial charge on any atom is 3.00 e. The first-order valence-electron chi connectivity index (χ1n) is 11.4. The number of hydrogen-bond donors (Lipinski definition) is 0. The Labute approximate surface area is 257 Å². The van der Waals surface area contributed by atoms with Gasteiger partial charge in [0, 0.05) is 37.2 Å². The van der Waals surface area contributed by atoms with Crippen LogP contribution in [0, 0.1) is 49.4 Å². The molecule has 0 amide bonds. The molecule has 0 atom stereocenters. The normalized spacial score (nSPS) is 9.41. The second-order valence-corrected chi connectivity index (χ2v) is 7.29. The summed E-state index contributed by atoms with van der Waals surface area (Å²) < 4.78 is 0. The zero-order valence-electron chi connectivity index (χ0n) is 19.9. The van der Waals surface area contributed by atoms with Crippen LogP contribution < -0.4 is 0 Å². The molecule has 6 rings (SSSR count). The van der Waals surface area contributed by atoms with Crippen LogP contribution in [0.4, 0.5) is 0 Å². The van der Waals surface area contributed by atoms with E-state index in [2.05, 4.69) is 29.9 Å². The molecule has 0 aliphatic carbocycles. The van der Waals surface area contributed by atoms with E-state index < -0.39 is 0 Å². The fourth-order valence-corrected chi connectivity index (χ4v) is 3.09. The van der Waals surface area contributed by atoms with E-state index in [0.29, 0.717) is 0 Å². The van der Waals surface area contributed by atoms with Crippen LogP contribution in [0.3, 0.4) is 0 Å². The van der Waals surface area contributed by atoms with Gasteiger partial charge in [0.2, 0.25) is 0 Å². The number of rotatable bonds is 3. The average molecular weight is 621 g/mol. The zero-order valence-corrected chi connectivity index (χ0v) is 22.3. The van der Waals surface area contributed by atoms with Gasteiger partial charge in [0.15, 0.2) is 0 Å². The van der Waals surface area contributed by atoms with Crippen LogP contribution in [0.1, 0.15) is 0 Å². The summed E-state index contributed by atoms with van der Waals surface area (Å²) in [7, 11) is 0. The molecule has 0 fully saturated rings. The maximum atomic E-state index is 4.19. The molecular formula is C30H24EuN6+3. The maximum absolute atomic E-state index is 4.19. The fourth-order valence-electron chi connectivity index (χ4n) is 3.09. The second kappa shape index (κ2) is 16.3. The summed E-state index contributed by atoms with van der Waals surface area (Å²) in [6, 6.07) is 34.8. The quantitative estimate of drug-likeness (QED) is 0.227. The second-order valence-electron chi connectivity index (χ2n) is 7.29. The van der Waals surface area contributed by atoms with Crippen LogP contribution in [0.15, 0.2) is 146 Å². The summed E-state index contributed by atoms with van der Waals surface area (Å²) in [5, 5.41) is 0. The van der Waals surface area contributed by atoms with E-state index in [1.54, 1.807) is 37.2 Å². The van der Waals surface area contributed by atoms with Crippen molar-refractivity contribution in [1.29, 1.82) is 0 Å². The van der Waals surface area contributed by atoms with Gasteiger partial charge in [0.05, 0.1) is 34.2 Å². The van der Waals surface area contributed by atoms with E-state index in [-0.39, 0.29) is 49.4 Å². The molecule has 0 bridgehead atoms. The van der Waals surface area contributed by atoms with Gasteiger partial charge in [0.25, 0.3) is 0 Å². The predicted molar refractivity (Wildman–Crippen MR) is 142 cm³/mol. The molecule has 7 heteroatoms. The fraction of sp³-hybridized carbons (Fsp3) is 0. The number of aromatic nitrogens is 6. The standard InChI is InChI=1S/3C10H8N2.Eu/c3*1-3-7-11-9(5-1)10-6-2-4-8-12-10;/h3*1-8H;/q;;;+3. The molecule has 6 aromatic heterocycles. The van der Waals surface area contributed by atoms with Crippen molar-refractivity contribution >= 4 is 0 Å². The van der Waals surface area contributed by atoms with Crippen molar-refractivity contribution in [2.75, 3.05) is 0 Å². The van der Waals surface area contributed by atoms with Gasteiger partial charge in [-0.3, -0.25) is 29.9 Å². The Bertz CT molecular complexity index is 1100. The molecule has 0 unspecified atom stereocenters. The first kappa shape index (κ1) is 28.1. The van der Waals surface area contributed by atoms with E-state index in [0.717, 1.165) is 34.2 Å². The summed E-state index contributed by atoms with van der Waals surface area (Å²) in [5.41, 5.74) is 5.49. The molecule has 0 radical (unpaired) electrons. The third-order valence-corrected chi connectivity index (χ3v) is 4.78. The van der Waals surface area contributed by atoms with Crippen molar-refractivity contribution in [3.05, 3.63) is 146 Å². The molecule has 37 heavy (non-hydrogen) atoms. The Kier molecular flexibility index (Phi) is 12.3. The largest absolute Gasteiger partial charge is 3.00 e. The molecule has 6 aromatic rings. The van der Waals surface area contributed by atoms with Crippen molar-refractivity contribution in [2.45, 2.75) is 0 Å². The third kappa shape index (κ3) is 9.46. The summed E-state index contributed by atoms with van der Waals surface area (Å²) >= 11 is 0. The Balaban J connectivity index is 0.000000152. The Morgan fingerprint density at radius 1 is 0.243 bits per heavy atom. The first-order valence-corrected chi connectivity index (χ1v) is 11.4. The molecule has 0 aliphatic rings. The minimum Gasteiger partial charge on any atom is -0.255 e. The van der Waals surface area contributed by atoms with Crippen LogP contribution in [-0.4, -0.2) is 29.9 Å². The van der Waals surface area contributed by atoms with Crippen molar-refractivity contribution in [1.82, 2.24) is 29.9 Å². The van der Waals surface area contributed by atoms with Gasteiger partial charge >= 0.3 is 49.4 Å². The van der Waals surface area contributed by atoms with Crippen LogP contribution >= 0.6 is 0 Å². The van der Waals surface area contributed by atoms with Crippen molar-refractivity contribution in [3.63, 3.8) is 0 Å². The molecule has 0 aromatic carbocycles. The molecule has 0 saturated carbocycles. The van der Waals surface area contributed by atoms with Gasteiger partial charge in [-0.15, -0.1) is 0 Å². The zero-order chi connectivity index (χ0) is 24.7. The van der Waals surface area contributed by atoms with E-state index in [4.69, 9.17) is 0 Å². The Hall–Kier alpha value is -3.52. The van der Waals surface area contributed by atoms with Gasteiger partial charge in [-0.05, 0) is 72.8 Å². The average Bonchev–Trinajstić information content (AvgIpc) is 3.01. The topological polar surface area (TPSA) is 77.3 Å². The molecule has 0 spiro atoms. The Morgan fingerprint density at radius 3 is 0.514 bits per heavy atom. The molecule has 178 valence electrons. The minimum atomic E-state index is 0. The van der Waals surface area contributed by atoms with E-state index in [9.17, 15) is 0 Å². The van der Waals surface area contributed by atoms with Crippen molar-refractivity contribution < 1.29 is 49.4 Å². The van der Waals surface area contributed by atoms with E-state index in [1.807, 2.05) is 109 Å². The van der Waals surface area contributed by atoms with E-state index >= 15 is 0 Å². The van der Waals surface area contributed by atoms with Crippen LogP contribution in [-0.2, 0) is 0 Å². The SMILES string of the molecule is [Eu+3].c1ccc(-c2ccccn2)nc1.c1ccc(-c2ccccn2)nc1.c1ccc(-c2ccccn2)nc1. The Morgan fingerprint density at radius 2 is 0.405 bits per heavy atom. The van der Waals surface area contributed by atoms with Gasteiger partial charge in [-0.2, -0.15) is 0 Å². The smallest absolute Gasteiger partial charge is 0.255 e. The van der Waals surface area contributed by atoms with Gasteiger partial charge < -0.3 is 0 Å². The minimum absolute atomic E-state index is 0. The third-order valence-electron chi connectivity index (χ3n) is 4.78. The summed E-state index contributed by atoms with van der Waals surface area (Å²) in [5.74, 6) is 0. The first-order chi connectivity index (χ1) is 17.9. The van der Waals surface area contributed by atoms with Crippen LogP contribution in [0.2, 0.25) is 0 Å².